The number of hydrogen-bond donors (Lipinski definition) is 2. The molecule has 0 aliphatic carbocycles. The van der Waals surface area contributed by atoms with Crippen molar-refractivity contribution in [2.45, 2.75) is 32.9 Å². The van der Waals surface area contributed by atoms with Gasteiger partial charge >= 0.3 is 0 Å². The molecule has 84 valence electrons. The summed E-state index contributed by atoms with van der Waals surface area (Å²) in [6.45, 7) is 5.90. The molecular formula is C11H18N2O2. The van der Waals surface area contributed by atoms with Gasteiger partial charge in [-0.25, -0.2) is 0 Å². The summed E-state index contributed by atoms with van der Waals surface area (Å²) in [7, 11) is 0. The van der Waals surface area contributed by atoms with E-state index in [1.807, 2.05) is 26.8 Å². The zero-order valence-electron chi connectivity index (χ0n) is 9.36. The average molecular weight is 210 g/mol. The van der Waals surface area contributed by atoms with Crippen molar-refractivity contribution in [2.75, 3.05) is 0 Å². The van der Waals surface area contributed by atoms with E-state index in [0.29, 0.717) is 0 Å². The molecule has 15 heavy (non-hydrogen) atoms. The summed E-state index contributed by atoms with van der Waals surface area (Å²) in [5.74, 6) is -0.141. The number of carbonyl (C=O) groups is 1. The fraction of sp³-hybridized carbons (Fsp3) is 0.545. The van der Waals surface area contributed by atoms with Gasteiger partial charge in [0.05, 0.1) is 18.6 Å². The molecule has 1 aromatic rings. The zero-order valence-corrected chi connectivity index (χ0v) is 9.36. The van der Waals surface area contributed by atoms with E-state index in [1.165, 1.54) is 0 Å². The quantitative estimate of drug-likeness (QED) is 0.772. The van der Waals surface area contributed by atoms with Crippen molar-refractivity contribution < 1.29 is 9.21 Å². The number of nitrogens with one attached hydrogen (secondary N) is 1. The second-order valence-corrected chi connectivity index (χ2v) is 4.07. The van der Waals surface area contributed by atoms with E-state index in [-0.39, 0.29) is 23.9 Å². The molecule has 0 aliphatic heterocycles. The number of hydrogen-bond acceptors (Lipinski definition) is 3. The molecule has 1 heterocycles. The third-order valence-corrected chi connectivity index (χ3v) is 2.45. The van der Waals surface area contributed by atoms with Crippen LogP contribution in [0.3, 0.4) is 0 Å². The summed E-state index contributed by atoms with van der Waals surface area (Å²) < 4.78 is 4.98. The van der Waals surface area contributed by atoms with Gasteiger partial charge in [0.15, 0.2) is 0 Å². The van der Waals surface area contributed by atoms with Crippen molar-refractivity contribution >= 4 is 5.91 Å². The van der Waals surface area contributed by atoms with Crippen LogP contribution in [0.25, 0.3) is 0 Å². The predicted octanol–water partition coefficient (Wildman–Crippen LogP) is 1.44. The Bertz CT molecular complexity index is 306. The first-order valence-corrected chi connectivity index (χ1v) is 5.09. The maximum atomic E-state index is 11.2. The Labute approximate surface area is 89.8 Å². The van der Waals surface area contributed by atoms with Crippen molar-refractivity contribution in [1.82, 2.24) is 5.32 Å². The monoisotopic (exact) mass is 210 g/mol. The molecule has 0 aliphatic rings. The second-order valence-electron chi connectivity index (χ2n) is 4.07. The largest absolute Gasteiger partial charge is 0.472 e. The maximum absolute atomic E-state index is 11.2. The molecule has 1 rings (SSSR count). The van der Waals surface area contributed by atoms with Gasteiger partial charge in [-0.1, -0.05) is 13.8 Å². The third-order valence-electron chi connectivity index (χ3n) is 2.45. The Hall–Kier alpha value is -1.29. The lowest BCUT2D eigenvalue weighted by Crippen LogP contribution is -2.45. The molecule has 1 aromatic heterocycles. The van der Waals surface area contributed by atoms with E-state index in [2.05, 4.69) is 5.32 Å². The van der Waals surface area contributed by atoms with E-state index in [4.69, 9.17) is 10.2 Å². The minimum atomic E-state index is -0.319. The molecule has 0 spiro atoms. The molecule has 0 fully saturated rings. The van der Waals surface area contributed by atoms with Gasteiger partial charge in [-0.3, -0.25) is 10.1 Å². The van der Waals surface area contributed by atoms with Crippen LogP contribution < -0.4 is 11.1 Å². The Morgan fingerprint density at radius 2 is 2.13 bits per heavy atom. The van der Waals surface area contributed by atoms with Crippen molar-refractivity contribution in [2.24, 2.45) is 11.7 Å². The van der Waals surface area contributed by atoms with E-state index in [1.54, 1.807) is 12.5 Å². The predicted molar refractivity (Wildman–Crippen MR) is 58.1 cm³/mol. The van der Waals surface area contributed by atoms with Gasteiger partial charge in [0.1, 0.15) is 0 Å². The Morgan fingerprint density at radius 3 is 2.53 bits per heavy atom. The fourth-order valence-corrected chi connectivity index (χ4v) is 1.49. The molecule has 4 nitrogen and oxygen atoms in total. The fourth-order valence-electron chi connectivity index (χ4n) is 1.49. The summed E-state index contributed by atoms with van der Waals surface area (Å²) >= 11 is 0. The SMILES string of the molecule is CC(NC(C(N)=O)C(C)C)c1ccoc1. The molecule has 1 amide bonds. The van der Waals surface area contributed by atoms with Gasteiger partial charge in [0.25, 0.3) is 0 Å². The van der Waals surface area contributed by atoms with Gasteiger partial charge in [-0.05, 0) is 18.9 Å². The summed E-state index contributed by atoms with van der Waals surface area (Å²) in [5.41, 5.74) is 6.33. The molecule has 2 unspecified atom stereocenters. The highest BCUT2D eigenvalue weighted by Crippen LogP contribution is 2.15. The molecule has 0 saturated carbocycles. The maximum Gasteiger partial charge on any atom is 0.234 e. The van der Waals surface area contributed by atoms with E-state index in [9.17, 15) is 4.79 Å². The van der Waals surface area contributed by atoms with Gasteiger partial charge in [-0.15, -0.1) is 0 Å². The first kappa shape index (κ1) is 11.8. The van der Waals surface area contributed by atoms with Gasteiger partial charge in [-0.2, -0.15) is 0 Å². The molecular weight excluding hydrogens is 192 g/mol. The summed E-state index contributed by atoms with van der Waals surface area (Å²) in [5, 5.41) is 3.18. The van der Waals surface area contributed by atoms with Crippen LogP contribution in [-0.4, -0.2) is 11.9 Å². The van der Waals surface area contributed by atoms with Gasteiger partial charge < -0.3 is 10.2 Å². The van der Waals surface area contributed by atoms with Gasteiger partial charge in [0, 0.05) is 11.6 Å². The molecule has 0 radical (unpaired) electrons. The highest BCUT2D eigenvalue weighted by molar-refractivity contribution is 5.80. The van der Waals surface area contributed by atoms with Crippen LogP contribution in [0.2, 0.25) is 0 Å². The van der Waals surface area contributed by atoms with Crippen molar-refractivity contribution in [1.29, 1.82) is 0 Å². The molecule has 0 aromatic carbocycles. The second kappa shape index (κ2) is 4.98. The first-order chi connectivity index (χ1) is 7.02. The number of amides is 1. The Morgan fingerprint density at radius 1 is 1.47 bits per heavy atom. The smallest absolute Gasteiger partial charge is 0.234 e. The van der Waals surface area contributed by atoms with Crippen LogP contribution >= 0.6 is 0 Å². The molecule has 0 bridgehead atoms. The summed E-state index contributed by atoms with van der Waals surface area (Å²) in [6.07, 6.45) is 3.28. The van der Waals surface area contributed by atoms with Crippen LogP contribution in [0.1, 0.15) is 32.4 Å². The minimum absolute atomic E-state index is 0.0589. The van der Waals surface area contributed by atoms with E-state index in [0.717, 1.165) is 5.56 Å². The van der Waals surface area contributed by atoms with Crippen molar-refractivity contribution in [3.05, 3.63) is 24.2 Å². The lowest BCUT2D eigenvalue weighted by molar-refractivity contribution is -0.121. The number of primary amides is 1. The normalized spacial score (nSPS) is 15.2. The topological polar surface area (TPSA) is 68.3 Å². The number of furan rings is 1. The minimum Gasteiger partial charge on any atom is -0.472 e. The third kappa shape index (κ3) is 3.09. The van der Waals surface area contributed by atoms with Crippen LogP contribution in [0.4, 0.5) is 0 Å². The summed E-state index contributed by atoms with van der Waals surface area (Å²) in [4.78, 5) is 11.2. The molecule has 3 N–H and O–H groups in total. The van der Waals surface area contributed by atoms with Crippen LogP contribution in [-0.2, 0) is 4.79 Å². The van der Waals surface area contributed by atoms with Crippen molar-refractivity contribution in [3.8, 4) is 0 Å². The lowest BCUT2D eigenvalue weighted by atomic mass is 10.0. The van der Waals surface area contributed by atoms with Crippen molar-refractivity contribution in [3.63, 3.8) is 0 Å². The summed E-state index contributed by atoms with van der Waals surface area (Å²) in [6, 6.07) is 1.62. The number of rotatable bonds is 5. The molecule has 2 atom stereocenters. The molecule has 4 heteroatoms. The highest BCUT2D eigenvalue weighted by Gasteiger charge is 2.21. The number of nitrogens with two attached hydrogens (primary N) is 1. The standard InChI is InChI=1S/C11H18N2O2/c1-7(2)10(11(12)14)13-8(3)9-4-5-15-6-9/h4-8,10,13H,1-3H3,(H2,12,14). The highest BCUT2D eigenvalue weighted by atomic mass is 16.3. The van der Waals surface area contributed by atoms with Gasteiger partial charge in [0.2, 0.25) is 5.91 Å². The van der Waals surface area contributed by atoms with Crippen LogP contribution in [0.15, 0.2) is 23.0 Å². The van der Waals surface area contributed by atoms with E-state index >= 15 is 0 Å². The lowest BCUT2D eigenvalue weighted by Gasteiger charge is -2.23. The van der Waals surface area contributed by atoms with Crippen LogP contribution in [0.5, 0.6) is 0 Å². The van der Waals surface area contributed by atoms with Crippen LogP contribution in [0, 0.1) is 5.92 Å². The Balaban J connectivity index is 2.63. The first-order valence-electron chi connectivity index (χ1n) is 5.09. The zero-order chi connectivity index (χ0) is 11.4. The Kier molecular flexibility index (Phi) is 3.91. The number of carbonyl (C=O) groups excluding carboxylic acids is 1. The van der Waals surface area contributed by atoms with E-state index < -0.39 is 0 Å². The molecule has 0 saturated heterocycles. The average Bonchev–Trinajstić information content (AvgIpc) is 2.65.